The topological polar surface area (TPSA) is 83.6 Å². The van der Waals surface area contributed by atoms with Crippen molar-refractivity contribution in [3.63, 3.8) is 0 Å². The Labute approximate surface area is 167 Å². The van der Waals surface area contributed by atoms with Gasteiger partial charge >= 0.3 is 0 Å². The molecule has 0 saturated heterocycles. The minimum Gasteiger partial charge on any atom is -0.352 e. The number of carbonyl (C=O) groups excluding carboxylic acids is 1. The van der Waals surface area contributed by atoms with E-state index in [2.05, 4.69) is 26.2 Å². The summed E-state index contributed by atoms with van der Waals surface area (Å²) >= 11 is 1.43. The average molecular weight is 389 g/mol. The molecule has 1 amide bonds. The molecular formula is C21H19N5OS. The van der Waals surface area contributed by atoms with Crippen LogP contribution >= 0.6 is 11.8 Å². The number of hydrogen-bond donors (Lipinski definition) is 1. The van der Waals surface area contributed by atoms with Crippen LogP contribution in [0.5, 0.6) is 0 Å². The molecule has 0 unspecified atom stereocenters. The highest BCUT2D eigenvalue weighted by atomic mass is 32.2. The predicted molar refractivity (Wildman–Crippen MR) is 106 cm³/mol. The molecule has 1 aliphatic carbocycles. The highest BCUT2D eigenvalue weighted by Crippen LogP contribution is 2.35. The molecule has 140 valence electrons. The number of carbonyl (C=O) groups is 1. The zero-order valence-corrected chi connectivity index (χ0v) is 16.0. The molecular weight excluding hydrogens is 370 g/mol. The van der Waals surface area contributed by atoms with Gasteiger partial charge in [0.05, 0.1) is 11.1 Å². The highest BCUT2D eigenvalue weighted by Gasteiger charge is 2.25. The van der Waals surface area contributed by atoms with Crippen molar-refractivity contribution in [3.05, 3.63) is 71.8 Å². The molecule has 0 radical (unpaired) electrons. The largest absolute Gasteiger partial charge is 0.352 e. The lowest BCUT2D eigenvalue weighted by Crippen LogP contribution is -2.27. The number of amides is 1. The minimum absolute atomic E-state index is 0.130. The van der Waals surface area contributed by atoms with Crippen molar-refractivity contribution < 1.29 is 4.79 Å². The van der Waals surface area contributed by atoms with Crippen LogP contribution in [0.25, 0.3) is 0 Å². The zero-order chi connectivity index (χ0) is 19.3. The van der Waals surface area contributed by atoms with Crippen molar-refractivity contribution in [2.75, 3.05) is 6.54 Å². The van der Waals surface area contributed by atoms with Gasteiger partial charge in [-0.2, -0.15) is 5.26 Å². The minimum atomic E-state index is -0.130. The van der Waals surface area contributed by atoms with Crippen LogP contribution in [0.15, 0.2) is 64.6 Å². The van der Waals surface area contributed by atoms with Crippen molar-refractivity contribution >= 4 is 17.7 Å². The van der Waals surface area contributed by atoms with Gasteiger partial charge in [-0.15, -0.1) is 10.2 Å². The second-order valence-electron chi connectivity index (χ2n) is 6.60. The lowest BCUT2D eigenvalue weighted by atomic mass is 10.2. The van der Waals surface area contributed by atoms with Gasteiger partial charge in [0.15, 0.2) is 0 Å². The van der Waals surface area contributed by atoms with E-state index in [1.54, 1.807) is 18.5 Å². The van der Waals surface area contributed by atoms with E-state index >= 15 is 0 Å². The number of nitrogens with one attached hydrogen (secondary N) is 1. The number of aromatic nitrogens is 3. The fourth-order valence-electron chi connectivity index (χ4n) is 3.00. The van der Waals surface area contributed by atoms with Gasteiger partial charge in [0.1, 0.15) is 18.2 Å². The third-order valence-electron chi connectivity index (χ3n) is 4.58. The van der Waals surface area contributed by atoms with Crippen molar-refractivity contribution in [3.8, 4) is 6.07 Å². The van der Waals surface area contributed by atoms with Crippen LogP contribution in [-0.2, 0) is 6.42 Å². The van der Waals surface area contributed by atoms with Gasteiger partial charge in [0.25, 0.3) is 5.91 Å². The van der Waals surface area contributed by atoms with Gasteiger partial charge in [-0.1, -0.05) is 36.0 Å². The molecule has 7 heteroatoms. The van der Waals surface area contributed by atoms with Crippen LogP contribution in [0.2, 0.25) is 0 Å². The maximum atomic E-state index is 12.7. The van der Waals surface area contributed by atoms with E-state index in [0.29, 0.717) is 30.1 Å². The van der Waals surface area contributed by atoms with E-state index < -0.39 is 0 Å². The molecule has 28 heavy (non-hydrogen) atoms. The van der Waals surface area contributed by atoms with Crippen molar-refractivity contribution in [2.24, 2.45) is 0 Å². The molecule has 1 aliphatic rings. The molecule has 6 nitrogen and oxygen atoms in total. The summed E-state index contributed by atoms with van der Waals surface area (Å²) in [5.41, 5.74) is 1.20. The lowest BCUT2D eigenvalue weighted by molar-refractivity contribution is 0.0951. The van der Waals surface area contributed by atoms with E-state index in [0.717, 1.165) is 15.6 Å². The van der Waals surface area contributed by atoms with E-state index in [4.69, 9.17) is 0 Å². The molecule has 1 aromatic heterocycles. The Morgan fingerprint density at radius 3 is 2.71 bits per heavy atom. The predicted octanol–water partition coefficient (Wildman–Crippen LogP) is 3.61. The molecule has 4 rings (SSSR count). The molecule has 0 atom stereocenters. The number of nitriles is 1. The summed E-state index contributed by atoms with van der Waals surface area (Å²) in [4.78, 5) is 14.4. The molecule has 0 spiro atoms. The maximum Gasteiger partial charge on any atom is 0.252 e. The van der Waals surface area contributed by atoms with Crippen LogP contribution in [0.3, 0.4) is 0 Å². The second kappa shape index (κ2) is 8.28. The fourth-order valence-corrected chi connectivity index (χ4v) is 4.02. The molecule has 3 aromatic rings. The van der Waals surface area contributed by atoms with E-state index in [1.807, 2.05) is 36.4 Å². The first-order valence-corrected chi connectivity index (χ1v) is 10.0. The summed E-state index contributed by atoms with van der Waals surface area (Å²) in [7, 11) is 0. The van der Waals surface area contributed by atoms with Gasteiger partial charge in [0, 0.05) is 28.8 Å². The lowest BCUT2D eigenvalue weighted by Gasteiger charge is -2.11. The average Bonchev–Trinajstić information content (AvgIpc) is 3.47. The Morgan fingerprint density at radius 1 is 1.18 bits per heavy atom. The van der Waals surface area contributed by atoms with Gasteiger partial charge in [-0.3, -0.25) is 4.79 Å². The second-order valence-corrected chi connectivity index (χ2v) is 7.68. The molecule has 1 saturated carbocycles. The van der Waals surface area contributed by atoms with E-state index in [-0.39, 0.29) is 5.91 Å². The summed E-state index contributed by atoms with van der Waals surface area (Å²) in [6.07, 6.45) is 4.76. The quantitative estimate of drug-likeness (QED) is 0.667. The molecule has 2 aromatic carbocycles. The third kappa shape index (κ3) is 4.07. The van der Waals surface area contributed by atoms with Crippen LogP contribution in [-0.4, -0.2) is 27.2 Å². The van der Waals surface area contributed by atoms with Crippen LogP contribution < -0.4 is 5.32 Å². The number of rotatable bonds is 7. The summed E-state index contributed by atoms with van der Waals surface area (Å²) < 4.78 is 2.11. The Hall–Kier alpha value is -3.11. The Kier molecular flexibility index (Phi) is 5.40. The van der Waals surface area contributed by atoms with Crippen molar-refractivity contribution in [2.45, 2.75) is 35.1 Å². The molecule has 1 N–H and O–H groups in total. The van der Waals surface area contributed by atoms with Crippen molar-refractivity contribution in [1.29, 1.82) is 5.26 Å². The highest BCUT2D eigenvalue weighted by molar-refractivity contribution is 7.99. The fraction of sp³-hybridized carbons (Fsp3) is 0.238. The summed E-state index contributed by atoms with van der Waals surface area (Å²) in [6.45, 7) is 0.498. The smallest absolute Gasteiger partial charge is 0.252 e. The number of nitrogens with zero attached hydrogens (tertiary/aromatic N) is 4. The molecule has 0 aliphatic heterocycles. The summed E-state index contributed by atoms with van der Waals surface area (Å²) in [6, 6.07) is 17.6. The first kappa shape index (κ1) is 18.3. The zero-order valence-electron chi connectivity index (χ0n) is 15.2. The van der Waals surface area contributed by atoms with Crippen LogP contribution in [0, 0.1) is 11.3 Å². The number of benzene rings is 2. The normalized spacial score (nSPS) is 13.1. The first-order chi connectivity index (χ1) is 13.8. The van der Waals surface area contributed by atoms with Gasteiger partial charge in [-0.05, 0) is 37.1 Å². The van der Waals surface area contributed by atoms with Gasteiger partial charge in [-0.25, -0.2) is 0 Å². The van der Waals surface area contributed by atoms with E-state index in [1.165, 1.54) is 24.6 Å². The Balaban J connectivity index is 1.43. The monoisotopic (exact) mass is 389 g/mol. The summed E-state index contributed by atoms with van der Waals surface area (Å²) in [5.74, 6) is 0.781. The van der Waals surface area contributed by atoms with Crippen LogP contribution in [0.1, 0.15) is 40.6 Å². The first-order valence-electron chi connectivity index (χ1n) is 9.19. The number of hydrogen-bond acceptors (Lipinski definition) is 5. The Morgan fingerprint density at radius 2 is 1.93 bits per heavy atom. The summed E-state index contributed by atoms with van der Waals surface area (Å²) in [5, 5.41) is 20.4. The molecule has 0 bridgehead atoms. The van der Waals surface area contributed by atoms with Gasteiger partial charge in [0.2, 0.25) is 0 Å². The SMILES string of the molecule is N#Cc1ccccc1Sc1ccccc1C(=O)NCCc1nncn1C1CC1. The Bertz CT molecular complexity index is 1040. The van der Waals surface area contributed by atoms with Crippen molar-refractivity contribution in [1.82, 2.24) is 20.1 Å². The molecule has 1 fully saturated rings. The standard InChI is InChI=1S/C21H19N5OS/c22-13-15-5-1-3-7-18(15)28-19-8-4-2-6-17(19)21(27)23-12-11-20-25-24-14-26(20)16-9-10-16/h1-8,14,16H,9-12H2,(H,23,27). The molecule has 1 heterocycles. The van der Waals surface area contributed by atoms with E-state index in [9.17, 15) is 10.1 Å². The third-order valence-corrected chi connectivity index (χ3v) is 5.73. The van der Waals surface area contributed by atoms with Gasteiger partial charge < -0.3 is 9.88 Å². The maximum absolute atomic E-state index is 12.7. The van der Waals surface area contributed by atoms with Crippen LogP contribution in [0.4, 0.5) is 0 Å².